The first kappa shape index (κ1) is 15.4. The number of carbonyl (C=O) groups excluding carboxylic acids is 1. The third kappa shape index (κ3) is 2.97. The van der Waals surface area contributed by atoms with E-state index in [1.54, 1.807) is 35.4 Å². The number of amides is 1. The predicted octanol–water partition coefficient (Wildman–Crippen LogP) is 1.68. The van der Waals surface area contributed by atoms with E-state index in [1.165, 1.54) is 0 Å². The average Bonchev–Trinajstić information content (AvgIpc) is 3.08. The Morgan fingerprint density at radius 1 is 1.46 bits per heavy atom. The van der Waals surface area contributed by atoms with Crippen molar-refractivity contribution in [2.75, 3.05) is 19.7 Å². The van der Waals surface area contributed by atoms with E-state index >= 15 is 0 Å². The number of hydrogen-bond donors (Lipinski definition) is 0. The van der Waals surface area contributed by atoms with Gasteiger partial charge in [-0.2, -0.15) is 0 Å². The number of hydrogen-bond acceptors (Lipinski definition) is 5. The number of halogens is 1. The van der Waals surface area contributed by atoms with Crippen LogP contribution in [-0.4, -0.2) is 51.6 Å². The second kappa shape index (κ2) is 6.41. The lowest BCUT2D eigenvalue weighted by Crippen LogP contribution is -2.50. The van der Waals surface area contributed by atoms with Gasteiger partial charge in [0, 0.05) is 18.1 Å². The minimum absolute atomic E-state index is 0.0111. The van der Waals surface area contributed by atoms with E-state index in [9.17, 15) is 4.79 Å². The summed E-state index contributed by atoms with van der Waals surface area (Å²) in [5.41, 5.74) is 0.945. The van der Waals surface area contributed by atoms with Gasteiger partial charge in [0.25, 0.3) is 5.91 Å². The van der Waals surface area contributed by atoms with Crippen LogP contribution in [0.15, 0.2) is 30.5 Å². The Kier molecular flexibility index (Phi) is 4.12. The molecule has 0 radical (unpaired) electrons. The third-order valence-corrected chi connectivity index (χ3v) is 4.67. The molecule has 1 saturated heterocycles. The second-order valence-electron chi connectivity index (χ2n) is 5.96. The molecule has 1 fully saturated rings. The lowest BCUT2D eigenvalue weighted by molar-refractivity contribution is -0.140. The molecule has 1 aromatic carbocycles. The molecule has 126 valence electrons. The molecule has 2 aliphatic rings. The van der Waals surface area contributed by atoms with Crippen molar-refractivity contribution in [3.63, 3.8) is 0 Å². The maximum absolute atomic E-state index is 12.5. The summed E-state index contributed by atoms with van der Waals surface area (Å²) in [4.78, 5) is 14.3. The van der Waals surface area contributed by atoms with Crippen LogP contribution in [0.5, 0.6) is 5.75 Å². The molecule has 0 unspecified atom stereocenters. The quantitative estimate of drug-likeness (QED) is 0.844. The molecule has 1 aromatic heterocycles. The number of fused-ring (bicyclic) bond motifs is 3. The van der Waals surface area contributed by atoms with Gasteiger partial charge in [-0.1, -0.05) is 22.9 Å². The van der Waals surface area contributed by atoms with Gasteiger partial charge in [-0.15, -0.1) is 5.10 Å². The molecule has 0 N–H and O–H groups in total. The van der Waals surface area contributed by atoms with Gasteiger partial charge >= 0.3 is 0 Å². The molecule has 2 aromatic rings. The highest BCUT2D eigenvalue weighted by molar-refractivity contribution is 6.30. The van der Waals surface area contributed by atoms with Crippen LogP contribution in [-0.2, 0) is 16.1 Å². The standard InChI is InChI=1S/C16H17ClN4O3/c17-11-2-1-3-13(6-11)23-10-16(22)20-5-4-15-14(8-20)21-12(9-24-15)7-18-19-21/h1-3,6-7,14-15H,4-5,8-10H2/t14-,15-/m1/s1. The first-order valence-electron chi connectivity index (χ1n) is 7.87. The SMILES string of the molecule is O=C(COc1cccc(Cl)c1)N1CC[C@H]2OCc3cnnn3[C@@H]2C1. The van der Waals surface area contributed by atoms with Crippen LogP contribution in [0, 0.1) is 0 Å². The van der Waals surface area contributed by atoms with Gasteiger partial charge in [0.15, 0.2) is 6.61 Å². The summed E-state index contributed by atoms with van der Waals surface area (Å²) >= 11 is 5.92. The molecular formula is C16H17ClN4O3. The van der Waals surface area contributed by atoms with Crippen LogP contribution in [0.3, 0.4) is 0 Å². The highest BCUT2D eigenvalue weighted by atomic mass is 35.5. The van der Waals surface area contributed by atoms with E-state index in [0.717, 1.165) is 12.1 Å². The maximum Gasteiger partial charge on any atom is 0.260 e. The van der Waals surface area contributed by atoms with Crippen molar-refractivity contribution in [3.8, 4) is 5.75 Å². The summed E-state index contributed by atoms with van der Waals surface area (Å²) in [6.45, 7) is 1.73. The van der Waals surface area contributed by atoms with Crippen molar-refractivity contribution in [2.24, 2.45) is 0 Å². The van der Waals surface area contributed by atoms with Gasteiger partial charge < -0.3 is 14.4 Å². The highest BCUT2D eigenvalue weighted by Gasteiger charge is 2.37. The van der Waals surface area contributed by atoms with Gasteiger partial charge in [0.05, 0.1) is 30.6 Å². The summed E-state index contributed by atoms with van der Waals surface area (Å²) in [6.07, 6.45) is 2.57. The Morgan fingerprint density at radius 3 is 3.25 bits per heavy atom. The minimum Gasteiger partial charge on any atom is -0.484 e. The molecule has 1 amide bonds. The van der Waals surface area contributed by atoms with Gasteiger partial charge in [-0.25, -0.2) is 4.68 Å². The first-order chi connectivity index (χ1) is 11.7. The van der Waals surface area contributed by atoms with Crippen LogP contribution in [0.4, 0.5) is 0 Å². The molecule has 0 aliphatic carbocycles. The van der Waals surface area contributed by atoms with Crippen molar-refractivity contribution in [3.05, 3.63) is 41.2 Å². The molecule has 3 heterocycles. The molecular weight excluding hydrogens is 332 g/mol. The molecule has 2 aliphatic heterocycles. The Hall–Kier alpha value is -2.12. The number of carbonyl (C=O) groups is 1. The van der Waals surface area contributed by atoms with Gasteiger partial charge in [0.1, 0.15) is 5.75 Å². The monoisotopic (exact) mass is 348 g/mol. The maximum atomic E-state index is 12.5. The van der Waals surface area contributed by atoms with E-state index < -0.39 is 0 Å². The molecule has 0 bridgehead atoms. The number of rotatable bonds is 3. The van der Waals surface area contributed by atoms with Crippen LogP contribution in [0.25, 0.3) is 0 Å². The number of piperidine rings is 1. The lowest BCUT2D eigenvalue weighted by atomic mass is 10.0. The zero-order chi connectivity index (χ0) is 16.5. The number of benzene rings is 1. The summed E-state index contributed by atoms with van der Waals surface area (Å²) < 4.78 is 13.3. The van der Waals surface area contributed by atoms with E-state index in [1.807, 2.05) is 4.68 Å². The van der Waals surface area contributed by atoms with Crippen LogP contribution in [0.2, 0.25) is 5.02 Å². The topological polar surface area (TPSA) is 69.5 Å². The lowest BCUT2D eigenvalue weighted by Gasteiger charge is -2.40. The minimum atomic E-state index is -0.0549. The Bertz CT molecular complexity index is 750. The number of likely N-dealkylation sites (tertiary alicyclic amines) is 1. The van der Waals surface area contributed by atoms with Crippen molar-refractivity contribution < 1.29 is 14.3 Å². The normalized spacial score (nSPS) is 22.6. The summed E-state index contributed by atoms with van der Waals surface area (Å²) in [7, 11) is 0. The van der Waals surface area contributed by atoms with Crippen molar-refractivity contribution in [1.29, 1.82) is 0 Å². The Morgan fingerprint density at radius 2 is 2.38 bits per heavy atom. The summed E-state index contributed by atoms with van der Waals surface area (Å²) in [5.74, 6) is 0.533. The van der Waals surface area contributed by atoms with E-state index in [4.69, 9.17) is 21.1 Å². The van der Waals surface area contributed by atoms with Crippen molar-refractivity contribution in [1.82, 2.24) is 19.9 Å². The van der Waals surface area contributed by atoms with Crippen LogP contribution >= 0.6 is 11.6 Å². The zero-order valence-electron chi connectivity index (χ0n) is 13.0. The fourth-order valence-electron chi connectivity index (χ4n) is 3.20. The second-order valence-corrected chi connectivity index (χ2v) is 6.40. The smallest absolute Gasteiger partial charge is 0.260 e. The summed E-state index contributed by atoms with van der Waals surface area (Å²) in [6, 6.07) is 7.04. The third-order valence-electron chi connectivity index (χ3n) is 4.44. The van der Waals surface area contributed by atoms with Crippen molar-refractivity contribution >= 4 is 17.5 Å². The molecule has 0 saturated carbocycles. The van der Waals surface area contributed by atoms with E-state index in [-0.39, 0.29) is 24.7 Å². The Labute approximate surface area is 144 Å². The average molecular weight is 349 g/mol. The number of nitrogens with zero attached hydrogens (tertiary/aromatic N) is 4. The Balaban J connectivity index is 1.40. The molecule has 24 heavy (non-hydrogen) atoms. The molecule has 2 atom stereocenters. The van der Waals surface area contributed by atoms with Crippen molar-refractivity contribution in [2.45, 2.75) is 25.2 Å². The molecule has 4 rings (SSSR count). The van der Waals surface area contributed by atoms with E-state index in [0.29, 0.717) is 30.5 Å². The van der Waals surface area contributed by atoms with E-state index in [2.05, 4.69) is 10.3 Å². The molecule has 0 spiro atoms. The zero-order valence-corrected chi connectivity index (χ0v) is 13.7. The van der Waals surface area contributed by atoms with Gasteiger partial charge in [0.2, 0.25) is 0 Å². The van der Waals surface area contributed by atoms with Gasteiger partial charge in [-0.05, 0) is 24.6 Å². The fraction of sp³-hybridized carbons (Fsp3) is 0.438. The van der Waals surface area contributed by atoms with Gasteiger partial charge in [-0.3, -0.25) is 4.79 Å². The van der Waals surface area contributed by atoms with Crippen LogP contribution in [0.1, 0.15) is 18.2 Å². The predicted molar refractivity (Wildman–Crippen MR) is 85.8 cm³/mol. The molecule has 8 heteroatoms. The fourth-order valence-corrected chi connectivity index (χ4v) is 3.38. The molecule has 7 nitrogen and oxygen atoms in total. The largest absolute Gasteiger partial charge is 0.484 e. The highest BCUT2D eigenvalue weighted by Crippen LogP contribution is 2.30. The summed E-state index contributed by atoms with van der Waals surface area (Å²) in [5, 5.41) is 8.66. The van der Waals surface area contributed by atoms with Crippen LogP contribution < -0.4 is 4.74 Å². The number of aromatic nitrogens is 3. The first-order valence-corrected chi connectivity index (χ1v) is 8.25. The number of ether oxygens (including phenoxy) is 2.